The largest absolute Gasteiger partial charge is 0.398 e. The summed E-state index contributed by atoms with van der Waals surface area (Å²) in [5, 5.41) is 0.642. The molecule has 0 spiro atoms. The van der Waals surface area contributed by atoms with Crippen LogP contribution < -0.4 is 16.4 Å². The zero-order chi connectivity index (χ0) is 15.0. The predicted octanol–water partition coefficient (Wildman–Crippen LogP) is 0.647. The van der Waals surface area contributed by atoms with Crippen LogP contribution in [-0.4, -0.2) is 36.7 Å². The second-order valence-corrected chi connectivity index (χ2v) is 4.88. The van der Waals surface area contributed by atoms with Crippen LogP contribution >= 0.6 is 0 Å². The number of fused-ring (bicyclic) bond motifs is 1. The maximum atomic E-state index is 14.4. The van der Waals surface area contributed by atoms with Crippen LogP contribution in [0.2, 0.25) is 0 Å². The Balaban J connectivity index is 2.21. The maximum Gasteiger partial charge on any atom is 0.242 e. The number of morpholine rings is 1. The standard InChI is InChI=1S/C14H15FN4O2/c15-9-6-10(16)8-2-1-3-18-12(8)13(9)19-4-5-21-7-11(19)14(17)20/h1-3,6,11H,4-5,7,16H2,(H2,17,20). The molecule has 7 heteroatoms. The number of primary amides is 1. The Morgan fingerprint density at radius 3 is 3.10 bits per heavy atom. The molecule has 0 bridgehead atoms. The third kappa shape index (κ3) is 2.25. The number of nitrogens with zero attached hydrogens (tertiary/aromatic N) is 2. The fourth-order valence-electron chi connectivity index (χ4n) is 2.60. The molecule has 1 saturated heterocycles. The highest BCUT2D eigenvalue weighted by Gasteiger charge is 2.31. The van der Waals surface area contributed by atoms with E-state index in [4.69, 9.17) is 16.2 Å². The van der Waals surface area contributed by atoms with E-state index in [0.29, 0.717) is 29.7 Å². The van der Waals surface area contributed by atoms with Gasteiger partial charge in [-0.2, -0.15) is 0 Å². The average molecular weight is 290 g/mol. The summed E-state index contributed by atoms with van der Waals surface area (Å²) in [6.45, 7) is 0.884. The first kappa shape index (κ1) is 13.6. The van der Waals surface area contributed by atoms with Gasteiger partial charge < -0.3 is 21.1 Å². The molecule has 1 atom stereocenters. The van der Waals surface area contributed by atoms with E-state index in [-0.39, 0.29) is 12.3 Å². The number of hydrogen-bond acceptors (Lipinski definition) is 5. The van der Waals surface area contributed by atoms with Gasteiger partial charge in [-0.3, -0.25) is 9.78 Å². The molecule has 1 aromatic carbocycles. The lowest BCUT2D eigenvalue weighted by atomic mass is 10.1. The molecule has 1 aliphatic rings. The summed E-state index contributed by atoms with van der Waals surface area (Å²) in [7, 11) is 0. The van der Waals surface area contributed by atoms with Crippen molar-refractivity contribution in [1.29, 1.82) is 0 Å². The maximum absolute atomic E-state index is 14.4. The third-order valence-corrected chi connectivity index (χ3v) is 3.60. The summed E-state index contributed by atoms with van der Waals surface area (Å²) >= 11 is 0. The van der Waals surface area contributed by atoms with Crippen molar-refractivity contribution in [1.82, 2.24) is 4.98 Å². The van der Waals surface area contributed by atoms with E-state index in [1.807, 2.05) is 0 Å². The van der Waals surface area contributed by atoms with Crippen LogP contribution in [0.25, 0.3) is 10.9 Å². The first-order valence-electron chi connectivity index (χ1n) is 6.56. The fourth-order valence-corrected chi connectivity index (χ4v) is 2.60. The van der Waals surface area contributed by atoms with Gasteiger partial charge >= 0.3 is 0 Å². The van der Waals surface area contributed by atoms with Gasteiger partial charge in [-0.1, -0.05) is 0 Å². The highest BCUT2D eigenvalue weighted by molar-refractivity contribution is 6.00. The van der Waals surface area contributed by atoms with Gasteiger partial charge in [0.15, 0.2) is 5.82 Å². The highest BCUT2D eigenvalue weighted by atomic mass is 19.1. The SMILES string of the molecule is NC(=O)C1COCCN1c1c(F)cc(N)c2cccnc12. The summed E-state index contributed by atoms with van der Waals surface area (Å²) in [6, 6.07) is 4.01. The number of carbonyl (C=O) groups excluding carboxylic acids is 1. The van der Waals surface area contributed by atoms with E-state index in [2.05, 4.69) is 4.98 Å². The van der Waals surface area contributed by atoms with Crippen molar-refractivity contribution in [2.24, 2.45) is 5.73 Å². The topological polar surface area (TPSA) is 94.5 Å². The summed E-state index contributed by atoms with van der Waals surface area (Å²) in [6.07, 6.45) is 1.56. The van der Waals surface area contributed by atoms with Gasteiger partial charge in [-0.15, -0.1) is 0 Å². The Morgan fingerprint density at radius 1 is 1.52 bits per heavy atom. The molecule has 0 aliphatic carbocycles. The van der Waals surface area contributed by atoms with Crippen LogP contribution in [0.4, 0.5) is 15.8 Å². The number of carbonyl (C=O) groups is 1. The van der Waals surface area contributed by atoms with Gasteiger partial charge in [0.2, 0.25) is 5.91 Å². The molecule has 4 N–H and O–H groups in total. The van der Waals surface area contributed by atoms with Gasteiger partial charge in [0, 0.05) is 23.8 Å². The Morgan fingerprint density at radius 2 is 2.33 bits per heavy atom. The van der Waals surface area contributed by atoms with Crippen LogP contribution in [0.1, 0.15) is 0 Å². The van der Waals surface area contributed by atoms with Crippen molar-refractivity contribution >= 4 is 28.2 Å². The monoisotopic (exact) mass is 290 g/mol. The second kappa shape index (κ2) is 5.17. The van der Waals surface area contributed by atoms with Gasteiger partial charge in [0.1, 0.15) is 11.7 Å². The van der Waals surface area contributed by atoms with Crippen LogP contribution in [0, 0.1) is 5.82 Å². The number of anilines is 2. The summed E-state index contributed by atoms with van der Waals surface area (Å²) in [4.78, 5) is 17.4. The van der Waals surface area contributed by atoms with Crippen molar-refractivity contribution < 1.29 is 13.9 Å². The second-order valence-electron chi connectivity index (χ2n) is 4.88. The van der Waals surface area contributed by atoms with Gasteiger partial charge in [-0.25, -0.2) is 4.39 Å². The average Bonchev–Trinajstić information content (AvgIpc) is 2.47. The Hall–Kier alpha value is -2.41. The number of nitrogen functional groups attached to an aromatic ring is 1. The van der Waals surface area contributed by atoms with Gasteiger partial charge in [0.05, 0.1) is 18.7 Å². The molecule has 2 heterocycles. The first-order valence-corrected chi connectivity index (χ1v) is 6.56. The Labute approximate surface area is 120 Å². The van der Waals surface area contributed by atoms with E-state index in [0.717, 1.165) is 0 Å². The number of ether oxygens (including phenoxy) is 1. The molecule has 110 valence electrons. The molecule has 1 unspecified atom stereocenters. The lowest BCUT2D eigenvalue weighted by Gasteiger charge is -2.36. The van der Waals surface area contributed by atoms with Crippen molar-refractivity contribution in [3.8, 4) is 0 Å². The van der Waals surface area contributed by atoms with E-state index in [1.54, 1.807) is 23.2 Å². The minimum atomic E-state index is -0.720. The molecular weight excluding hydrogens is 275 g/mol. The minimum absolute atomic E-state index is 0.132. The van der Waals surface area contributed by atoms with E-state index in [9.17, 15) is 9.18 Å². The quantitative estimate of drug-likeness (QED) is 0.792. The molecule has 0 saturated carbocycles. The number of aromatic nitrogens is 1. The molecule has 21 heavy (non-hydrogen) atoms. The first-order chi connectivity index (χ1) is 10.1. The smallest absolute Gasteiger partial charge is 0.242 e. The van der Waals surface area contributed by atoms with Crippen molar-refractivity contribution in [2.75, 3.05) is 30.4 Å². The van der Waals surface area contributed by atoms with Crippen molar-refractivity contribution in [3.05, 3.63) is 30.2 Å². The van der Waals surface area contributed by atoms with Crippen LogP contribution in [0.15, 0.2) is 24.4 Å². The van der Waals surface area contributed by atoms with E-state index >= 15 is 0 Å². The molecule has 1 fully saturated rings. The molecule has 6 nitrogen and oxygen atoms in total. The highest BCUT2D eigenvalue weighted by Crippen LogP contribution is 2.34. The number of pyridine rings is 1. The van der Waals surface area contributed by atoms with Crippen LogP contribution in [-0.2, 0) is 9.53 Å². The Kier molecular flexibility index (Phi) is 3.34. The Bertz CT molecular complexity index is 707. The number of halogens is 1. The number of benzene rings is 1. The molecule has 1 aromatic heterocycles. The lowest BCUT2D eigenvalue weighted by Crippen LogP contribution is -2.53. The van der Waals surface area contributed by atoms with Crippen LogP contribution in [0.5, 0.6) is 0 Å². The van der Waals surface area contributed by atoms with E-state index < -0.39 is 17.8 Å². The normalized spacial score (nSPS) is 18.9. The molecule has 3 rings (SSSR count). The summed E-state index contributed by atoms with van der Waals surface area (Å²) < 4.78 is 19.7. The minimum Gasteiger partial charge on any atom is -0.398 e. The molecule has 1 amide bonds. The van der Waals surface area contributed by atoms with Gasteiger partial charge in [-0.05, 0) is 18.2 Å². The molecule has 2 aromatic rings. The zero-order valence-electron chi connectivity index (χ0n) is 11.3. The van der Waals surface area contributed by atoms with Crippen molar-refractivity contribution in [3.63, 3.8) is 0 Å². The number of rotatable bonds is 2. The third-order valence-electron chi connectivity index (χ3n) is 3.60. The number of hydrogen-bond donors (Lipinski definition) is 2. The number of nitrogens with two attached hydrogens (primary N) is 2. The molecular formula is C14H15FN4O2. The summed E-state index contributed by atoms with van der Waals surface area (Å²) in [5.41, 5.74) is 12.2. The molecule has 1 aliphatic heterocycles. The fraction of sp³-hybridized carbons (Fsp3) is 0.286. The lowest BCUT2D eigenvalue weighted by molar-refractivity contribution is -0.121. The zero-order valence-corrected chi connectivity index (χ0v) is 11.3. The predicted molar refractivity (Wildman–Crippen MR) is 77.3 cm³/mol. The van der Waals surface area contributed by atoms with Crippen LogP contribution in [0.3, 0.4) is 0 Å². The molecule has 0 radical (unpaired) electrons. The van der Waals surface area contributed by atoms with E-state index in [1.165, 1.54) is 6.07 Å². The van der Waals surface area contributed by atoms with Gasteiger partial charge in [0.25, 0.3) is 0 Å². The number of amides is 1. The van der Waals surface area contributed by atoms with Crippen molar-refractivity contribution in [2.45, 2.75) is 6.04 Å². The summed E-state index contributed by atoms with van der Waals surface area (Å²) in [5.74, 6) is -1.08.